The average molecular weight is 350 g/mol. The summed E-state index contributed by atoms with van der Waals surface area (Å²) in [6.07, 6.45) is 0. The van der Waals surface area contributed by atoms with Crippen molar-refractivity contribution in [3.63, 3.8) is 0 Å². The minimum atomic E-state index is 0.0474. The summed E-state index contributed by atoms with van der Waals surface area (Å²) in [5.74, 6) is 1.74. The van der Waals surface area contributed by atoms with Crippen LogP contribution in [0.3, 0.4) is 0 Å². The van der Waals surface area contributed by atoms with Crippen molar-refractivity contribution in [2.24, 2.45) is 0 Å². The molecular weight excluding hydrogens is 330 g/mol. The summed E-state index contributed by atoms with van der Waals surface area (Å²) in [4.78, 5) is 0. The Bertz CT molecular complexity index is 601. The predicted octanol–water partition coefficient (Wildman–Crippen LogP) is 4.17. The first-order valence-electron chi connectivity index (χ1n) is 6.93. The molecule has 1 N–H and O–H groups in total. The minimum absolute atomic E-state index is 0.0474. The average Bonchev–Trinajstić information content (AvgIpc) is 2.51. The van der Waals surface area contributed by atoms with Gasteiger partial charge in [-0.25, -0.2) is 0 Å². The van der Waals surface area contributed by atoms with Gasteiger partial charge in [0, 0.05) is 10.0 Å². The number of methoxy groups -OCH3 is 1. The molecule has 1 atom stereocenters. The van der Waals surface area contributed by atoms with Crippen molar-refractivity contribution in [2.75, 3.05) is 20.8 Å². The zero-order valence-electron chi connectivity index (χ0n) is 12.5. The summed E-state index contributed by atoms with van der Waals surface area (Å²) < 4.78 is 12.0. The molecule has 2 rings (SSSR count). The Labute approximate surface area is 134 Å². The summed E-state index contributed by atoms with van der Waals surface area (Å²) in [5, 5.41) is 3.35. The molecule has 0 saturated carbocycles. The highest BCUT2D eigenvalue weighted by molar-refractivity contribution is 9.10. The van der Waals surface area contributed by atoms with E-state index in [1.165, 1.54) is 0 Å². The topological polar surface area (TPSA) is 30.5 Å². The molecule has 0 radical (unpaired) electrons. The Balaban J connectivity index is 2.42. The van der Waals surface area contributed by atoms with Gasteiger partial charge in [0.25, 0.3) is 0 Å². The highest BCUT2D eigenvalue weighted by atomic mass is 79.9. The predicted molar refractivity (Wildman–Crippen MR) is 89.2 cm³/mol. The van der Waals surface area contributed by atoms with Gasteiger partial charge in [-0.1, -0.05) is 40.2 Å². The van der Waals surface area contributed by atoms with Crippen molar-refractivity contribution in [3.8, 4) is 11.5 Å². The number of benzene rings is 2. The van der Waals surface area contributed by atoms with Crippen LogP contribution in [0, 0.1) is 0 Å². The third-order valence-electron chi connectivity index (χ3n) is 3.33. The van der Waals surface area contributed by atoms with Crippen molar-refractivity contribution in [1.29, 1.82) is 0 Å². The fraction of sp³-hybridized carbons (Fsp3) is 0.294. The molecule has 0 aliphatic carbocycles. The molecule has 0 aliphatic rings. The van der Waals surface area contributed by atoms with Gasteiger partial charge in [0.15, 0.2) is 0 Å². The van der Waals surface area contributed by atoms with E-state index in [0.29, 0.717) is 6.61 Å². The van der Waals surface area contributed by atoms with Gasteiger partial charge in [-0.05, 0) is 37.7 Å². The van der Waals surface area contributed by atoms with Crippen LogP contribution < -0.4 is 14.8 Å². The highest BCUT2D eigenvalue weighted by Gasteiger charge is 2.18. The van der Waals surface area contributed by atoms with Gasteiger partial charge >= 0.3 is 0 Å². The Kier molecular flexibility index (Phi) is 5.65. The SMILES string of the molecule is CCOc1ccc(C(NC)c2ccccc2OC)c(Br)c1. The molecular formula is C17H20BrNO2. The number of hydrogen-bond donors (Lipinski definition) is 1. The van der Waals surface area contributed by atoms with Gasteiger partial charge in [0.1, 0.15) is 11.5 Å². The minimum Gasteiger partial charge on any atom is -0.496 e. The number of para-hydroxylation sites is 1. The van der Waals surface area contributed by atoms with Gasteiger partial charge in [0.2, 0.25) is 0 Å². The normalized spacial score (nSPS) is 12.0. The zero-order valence-corrected chi connectivity index (χ0v) is 14.1. The lowest BCUT2D eigenvalue weighted by atomic mass is 9.98. The maximum absolute atomic E-state index is 5.53. The Hall–Kier alpha value is -1.52. The van der Waals surface area contributed by atoms with E-state index in [0.717, 1.165) is 27.1 Å². The van der Waals surface area contributed by atoms with Crippen LogP contribution >= 0.6 is 15.9 Å². The number of hydrogen-bond acceptors (Lipinski definition) is 3. The molecule has 0 aromatic heterocycles. The van der Waals surface area contributed by atoms with Crippen LogP contribution in [-0.4, -0.2) is 20.8 Å². The molecule has 2 aromatic carbocycles. The van der Waals surface area contributed by atoms with E-state index < -0.39 is 0 Å². The molecule has 0 saturated heterocycles. The van der Waals surface area contributed by atoms with Gasteiger partial charge in [0.05, 0.1) is 19.8 Å². The van der Waals surface area contributed by atoms with E-state index in [2.05, 4.69) is 33.4 Å². The quantitative estimate of drug-likeness (QED) is 0.848. The smallest absolute Gasteiger partial charge is 0.123 e. The van der Waals surface area contributed by atoms with Crippen LogP contribution in [0.5, 0.6) is 11.5 Å². The van der Waals surface area contributed by atoms with Crippen LogP contribution in [-0.2, 0) is 0 Å². The fourth-order valence-electron chi connectivity index (χ4n) is 2.38. The summed E-state index contributed by atoms with van der Waals surface area (Å²) in [5.41, 5.74) is 2.25. The first-order valence-corrected chi connectivity index (χ1v) is 7.73. The summed E-state index contributed by atoms with van der Waals surface area (Å²) in [7, 11) is 3.64. The van der Waals surface area contributed by atoms with E-state index in [1.54, 1.807) is 7.11 Å². The maximum atomic E-state index is 5.53. The first-order chi connectivity index (χ1) is 10.2. The third-order valence-corrected chi connectivity index (χ3v) is 4.02. The fourth-order valence-corrected chi connectivity index (χ4v) is 2.97. The molecule has 0 amide bonds. The molecule has 3 nitrogen and oxygen atoms in total. The van der Waals surface area contributed by atoms with Crippen LogP contribution in [0.4, 0.5) is 0 Å². The second-order valence-corrected chi connectivity index (χ2v) is 5.43. The van der Waals surface area contributed by atoms with E-state index in [-0.39, 0.29) is 6.04 Å². The van der Waals surface area contributed by atoms with Crippen molar-refractivity contribution in [2.45, 2.75) is 13.0 Å². The van der Waals surface area contributed by atoms with E-state index in [1.807, 2.05) is 44.3 Å². The molecule has 1 unspecified atom stereocenters. The lowest BCUT2D eigenvalue weighted by Gasteiger charge is -2.21. The molecule has 0 aliphatic heterocycles. The second kappa shape index (κ2) is 7.48. The molecule has 0 bridgehead atoms. The lowest BCUT2D eigenvalue weighted by Crippen LogP contribution is -2.19. The number of nitrogens with one attached hydrogen (secondary N) is 1. The van der Waals surface area contributed by atoms with Crippen LogP contribution in [0.1, 0.15) is 24.1 Å². The van der Waals surface area contributed by atoms with Crippen molar-refractivity contribution < 1.29 is 9.47 Å². The van der Waals surface area contributed by atoms with E-state index in [9.17, 15) is 0 Å². The van der Waals surface area contributed by atoms with Crippen LogP contribution in [0.2, 0.25) is 0 Å². The number of halogens is 1. The van der Waals surface area contributed by atoms with E-state index >= 15 is 0 Å². The first kappa shape index (κ1) is 15.9. The Morgan fingerprint density at radius 1 is 1.14 bits per heavy atom. The standard InChI is InChI=1S/C17H20BrNO2/c1-4-21-12-9-10-13(15(18)11-12)17(19-2)14-7-5-6-8-16(14)20-3/h5-11,17,19H,4H2,1-3H3. The highest BCUT2D eigenvalue weighted by Crippen LogP contribution is 2.35. The van der Waals surface area contributed by atoms with Crippen LogP contribution in [0.15, 0.2) is 46.9 Å². The maximum Gasteiger partial charge on any atom is 0.123 e. The zero-order chi connectivity index (χ0) is 15.2. The lowest BCUT2D eigenvalue weighted by molar-refractivity contribution is 0.340. The van der Waals surface area contributed by atoms with Crippen molar-refractivity contribution in [3.05, 3.63) is 58.1 Å². The van der Waals surface area contributed by atoms with Gasteiger partial charge in [-0.3, -0.25) is 0 Å². The molecule has 0 fully saturated rings. The molecule has 2 aromatic rings. The summed E-state index contributed by atoms with van der Waals surface area (Å²) in [6.45, 7) is 2.64. The molecule has 4 heteroatoms. The monoisotopic (exact) mass is 349 g/mol. The Morgan fingerprint density at radius 2 is 1.90 bits per heavy atom. The van der Waals surface area contributed by atoms with E-state index in [4.69, 9.17) is 9.47 Å². The summed E-state index contributed by atoms with van der Waals surface area (Å²) in [6, 6.07) is 14.1. The third kappa shape index (κ3) is 3.57. The molecule has 0 spiro atoms. The van der Waals surface area contributed by atoms with Gasteiger partial charge < -0.3 is 14.8 Å². The van der Waals surface area contributed by atoms with Crippen molar-refractivity contribution in [1.82, 2.24) is 5.32 Å². The Morgan fingerprint density at radius 3 is 2.52 bits per heavy atom. The molecule has 0 heterocycles. The number of ether oxygens (including phenoxy) is 2. The van der Waals surface area contributed by atoms with Crippen LogP contribution in [0.25, 0.3) is 0 Å². The second-order valence-electron chi connectivity index (χ2n) is 4.58. The molecule has 112 valence electrons. The van der Waals surface area contributed by atoms with Gasteiger partial charge in [-0.2, -0.15) is 0 Å². The largest absolute Gasteiger partial charge is 0.496 e. The molecule has 21 heavy (non-hydrogen) atoms. The van der Waals surface area contributed by atoms with Gasteiger partial charge in [-0.15, -0.1) is 0 Å². The summed E-state index contributed by atoms with van der Waals surface area (Å²) >= 11 is 3.64. The number of rotatable bonds is 6. The van der Waals surface area contributed by atoms with Crippen molar-refractivity contribution >= 4 is 15.9 Å².